The van der Waals surface area contributed by atoms with Crippen LogP contribution in [0, 0.1) is 5.82 Å². The Kier molecular flexibility index (Phi) is 6.84. The van der Waals surface area contributed by atoms with Crippen molar-refractivity contribution in [2.45, 2.75) is 51.7 Å². The van der Waals surface area contributed by atoms with Gasteiger partial charge in [0, 0.05) is 24.7 Å². The quantitative estimate of drug-likeness (QED) is 0.625. The number of hydrogen-bond acceptors (Lipinski definition) is 2. The molecule has 4 nitrogen and oxygen atoms in total. The van der Waals surface area contributed by atoms with Crippen molar-refractivity contribution in [3.05, 3.63) is 35.1 Å². The van der Waals surface area contributed by atoms with Crippen LogP contribution >= 0.6 is 0 Å². The molecule has 2 rings (SSSR count). The molecule has 1 fully saturated rings. The lowest BCUT2D eigenvalue weighted by atomic mass is 10.1. The van der Waals surface area contributed by atoms with Gasteiger partial charge < -0.3 is 15.5 Å². The first-order chi connectivity index (χ1) is 11.1. The van der Waals surface area contributed by atoms with Crippen LogP contribution in [0.1, 0.15) is 43.7 Å². The van der Waals surface area contributed by atoms with Crippen LogP contribution in [0.5, 0.6) is 0 Å². The molecule has 0 radical (unpaired) electrons. The van der Waals surface area contributed by atoms with Gasteiger partial charge in [-0.25, -0.2) is 9.38 Å². The predicted molar refractivity (Wildman–Crippen MR) is 94.0 cm³/mol. The van der Waals surface area contributed by atoms with Crippen molar-refractivity contribution in [2.24, 2.45) is 4.99 Å². The molecule has 5 heteroatoms. The van der Waals surface area contributed by atoms with E-state index >= 15 is 0 Å². The van der Waals surface area contributed by atoms with Crippen molar-refractivity contribution >= 4 is 5.96 Å². The van der Waals surface area contributed by atoms with Gasteiger partial charge in [0.15, 0.2) is 5.96 Å². The number of rotatable bonds is 6. The molecule has 0 unspecified atom stereocenters. The average Bonchev–Trinajstić information content (AvgIpc) is 3.00. The van der Waals surface area contributed by atoms with E-state index in [4.69, 9.17) is 0 Å². The molecule has 0 aliphatic heterocycles. The summed E-state index contributed by atoms with van der Waals surface area (Å²) in [5.74, 6) is 0.709. The summed E-state index contributed by atoms with van der Waals surface area (Å²) in [6.07, 6.45) is 5.02. The number of benzene rings is 1. The monoisotopic (exact) mass is 320 g/mol. The van der Waals surface area contributed by atoms with Crippen LogP contribution < -0.4 is 10.6 Å². The summed E-state index contributed by atoms with van der Waals surface area (Å²) in [5, 5.41) is 6.80. The third kappa shape index (κ3) is 5.82. The summed E-state index contributed by atoms with van der Waals surface area (Å²) in [7, 11) is 3.89. The fourth-order valence-corrected chi connectivity index (χ4v) is 2.94. The highest BCUT2D eigenvalue weighted by molar-refractivity contribution is 5.80. The van der Waals surface area contributed by atoms with E-state index in [2.05, 4.69) is 22.5 Å². The molecule has 0 atom stereocenters. The van der Waals surface area contributed by atoms with Crippen molar-refractivity contribution in [3.8, 4) is 0 Å². The Morgan fingerprint density at radius 3 is 2.70 bits per heavy atom. The Labute approximate surface area is 139 Å². The maximum Gasteiger partial charge on any atom is 0.191 e. The Balaban J connectivity index is 2.02. The number of nitrogens with zero attached hydrogens (tertiary/aromatic N) is 2. The maximum atomic E-state index is 13.8. The molecule has 1 aliphatic rings. The molecule has 1 saturated carbocycles. The second-order valence-corrected chi connectivity index (χ2v) is 6.48. The normalized spacial score (nSPS) is 16.1. The smallest absolute Gasteiger partial charge is 0.191 e. The molecule has 0 aromatic heterocycles. The third-order valence-electron chi connectivity index (χ3n) is 4.06. The maximum absolute atomic E-state index is 13.8. The first kappa shape index (κ1) is 17.7. The molecule has 0 spiro atoms. The van der Waals surface area contributed by atoms with Gasteiger partial charge in [-0.05, 0) is 51.6 Å². The van der Waals surface area contributed by atoms with Gasteiger partial charge in [0.1, 0.15) is 5.82 Å². The van der Waals surface area contributed by atoms with Crippen LogP contribution in [-0.4, -0.2) is 37.5 Å². The predicted octanol–water partition coefficient (Wildman–Crippen LogP) is 2.89. The highest BCUT2D eigenvalue weighted by atomic mass is 19.1. The number of aliphatic imine (C=N–C) groups is 1. The second kappa shape index (κ2) is 8.87. The summed E-state index contributed by atoms with van der Waals surface area (Å²) in [6, 6.07) is 5.81. The highest BCUT2D eigenvalue weighted by Gasteiger charge is 2.15. The molecule has 0 amide bonds. The van der Waals surface area contributed by atoms with Gasteiger partial charge in [0.25, 0.3) is 0 Å². The summed E-state index contributed by atoms with van der Waals surface area (Å²) in [6.45, 7) is 4.07. The van der Waals surface area contributed by atoms with E-state index in [0.717, 1.165) is 23.6 Å². The number of nitrogens with one attached hydrogen (secondary N) is 2. The van der Waals surface area contributed by atoms with Crippen molar-refractivity contribution in [1.29, 1.82) is 0 Å². The zero-order chi connectivity index (χ0) is 16.7. The molecule has 1 aromatic carbocycles. The highest BCUT2D eigenvalue weighted by Crippen LogP contribution is 2.17. The Morgan fingerprint density at radius 1 is 1.30 bits per heavy atom. The van der Waals surface area contributed by atoms with Crippen LogP contribution in [0.25, 0.3) is 0 Å². The lowest BCUT2D eigenvalue weighted by molar-refractivity contribution is 0.392. The fraction of sp³-hybridized carbons (Fsp3) is 0.611. The van der Waals surface area contributed by atoms with E-state index in [9.17, 15) is 4.39 Å². The average molecular weight is 320 g/mol. The van der Waals surface area contributed by atoms with Gasteiger partial charge >= 0.3 is 0 Å². The molecular formula is C18H29FN4. The minimum Gasteiger partial charge on any atom is -0.357 e. The van der Waals surface area contributed by atoms with E-state index in [1.54, 1.807) is 6.07 Å². The minimum absolute atomic E-state index is 0.151. The Bertz CT molecular complexity index is 522. The number of hydrogen-bond donors (Lipinski definition) is 2. The van der Waals surface area contributed by atoms with Gasteiger partial charge in [-0.1, -0.05) is 18.9 Å². The molecule has 0 heterocycles. The topological polar surface area (TPSA) is 39.7 Å². The number of guanidine groups is 1. The van der Waals surface area contributed by atoms with E-state index < -0.39 is 0 Å². The lowest BCUT2D eigenvalue weighted by Crippen LogP contribution is -2.42. The molecule has 1 aromatic rings. The van der Waals surface area contributed by atoms with Gasteiger partial charge in [-0.15, -0.1) is 0 Å². The van der Waals surface area contributed by atoms with Crippen LogP contribution in [0.15, 0.2) is 23.2 Å². The summed E-state index contributed by atoms with van der Waals surface area (Å²) in [5.41, 5.74) is 1.75. The first-order valence-electron chi connectivity index (χ1n) is 8.55. The third-order valence-corrected chi connectivity index (χ3v) is 4.06. The van der Waals surface area contributed by atoms with Gasteiger partial charge in [0.2, 0.25) is 0 Å². The summed E-state index contributed by atoms with van der Waals surface area (Å²) in [4.78, 5) is 6.62. The van der Waals surface area contributed by atoms with Crippen LogP contribution in [-0.2, 0) is 13.1 Å². The SMILES string of the molecule is CCNC(=NCc1ccc(F)c(CN(C)C)c1)NC1CCCC1. The summed E-state index contributed by atoms with van der Waals surface area (Å²) >= 11 is 0. The van der Waals surface area contributed by atoms with Crippen molar-refractivity contribution < 1.29 is 4.39 Å². The first-order valence-corrected chi connectivity index (χ1v) is 8.55. The standard InChI is InChI=1S/C18H29FN4/c1-4-20-18(22-16-7-5-6-8-16)21-12-14-9-10-17(19)15(11-14)13-23(2)3/h9-11,16H,4-8,12-13H2,1-3H3,(H2,20,21,22). The zero-order valence-corrected chi connectivity index (χ0v) is 14.5. The molecule has 2 N–H and O–H groups in total. The van der Waals surface area contributed by atoms with E-state index in [-0.39, 0.29) is 5.82 Å². The van der Waals surface area contributed by atoms with E-state index in [1.807, 2.05) is 31.1 Å². The van der Waals surface area contributed by atoms with Crippen molar-refractivity contribution in [2.75, 3.05) is 20.6 Å². The van der Waals surface area contributed by atoms with Crippen molar-refractivity contribution in [1.82, 2.24) is 15.5 Å². The van der Waals surface area contributed by atoms with Crippen LogP contribution in [0.3, 0.4) is 0 Å². The fourth-order valence-electron chi connectivity index (χ4n) is 2.94. The second-order valence-electron chi connectivity index (χ2n) is 6.48. The molecule has 0 bridgehead atoms. The zero-order valence-electron chi connectivity index (χ0n) is 14.5. The Morgan fingerprint density at radius 2 is 2.04 bits per heavy atom. The summed E-state index contributed by atoms with van der Waals surface area (Å²) < 4.78 is 13.8. The largest absolute Gasteiger partial charge is 0.357 e. The van der Waals surface area contributed by atoms with E-state index in [1.165, 1.54) is 25.7 Å². The van der Waals surface area contributed by atoms with Crippen LogP contribution in [0.4, 0.5) is 4.39 Å². The molecule has 128 valence electrons. The van der Waals surface area contributed by atoms with Gasteiger partial charge in [-0.2, -0.15) is 0 Å². The lowest BCUT2D eigenvalue weighted by Gasteiger charge is -2.17. The minimum atomic E-state index is -0.151. The molecule has 23 heavy (non-hydrogen) atoms. The number of halogens is 1. The molecule has 0 saturated heterocycles. The molecule has 1 aliphatic carbocycles. The molecular weight excluding hydrogens is 291 g/mol. The van der Waals surface area contributed by atoms with E-state index in [0.29, 0.717) is 19.1 Å². The Hall–Kier alpha value is -1.62. The van der Waals surface area contributed by atoms with Gasteiger partial charge in [-0.3, -0.25) is 0 Å². The van der Waals surface area contributed by atoms with Crippen molar-refractivity contribution in [3.63, 3.8) is 0 Å². The van der Waals surface area contributed by atoms with Crippen LogP contribution in [0.2, 0.25) is 0 Å². The van der Waals surface area contributed by atoms with Gasteiger partial charge in [0.05, 0.1) is 6.54 Å².